The fraction of sp³-hybridized carbons (Fsp3) is 0.235. The Labute approximate surface area is 178 Å². The van der Waals surface area contributed by atoms with E-state index in [1.54, 1.807) is 26.0 Å². The van der Waals surface area contributed by atoms with Gasteiger partial charge < -0.3 is 4.74 Å². The zero-order valence-electron chi connectivity index (χ0n) is 14.9. The number of thiazole rings is 1. The van der Waals surface area contributed by atoms with Crippen LogP contribution >= 0.6 is 46.0 Å². The highest BCUT2D eigenvalue weighted by Crippen LogP contribution is 2.30. The van der Waals surface area contributed by atoms with Gasteiger partial charge in [0.1, 0.15) is 9.88 Å². The third kappa shape index (κ3) is 5.28. The number of carbonyl (C=O) groups excluding carboxylic acids is 2. The van der Waals surface area contributed by atoms with E-state index in [0.29, 0.717) is 31.7 Å². The summed E-state index contributed by atoms with van der Waals surface area (Å²) in [5, 5.41) is 12.4. The second-order valence-electron chi connectivity index (χ2n) is 5.36. The predicted molar refractivity (Wildman–Crippen MR) is 113 cm³/mol. The van der Waals surface area contributed by atoms with Gasteiger partial charge in [-0.1, -0.05) is 46.8 Å². The predicted octanol–water partition coefficient (Wildman–Crippen LogP) is 4.53. The molecule has 1 aromatic carbocycles. The lowest BCUT2D eigenvalue weighted by molar-refractivity contribution is -0.139. The SMILES string of the molecule is CCOC(=O)CSc1nnc(NC(=O)c2sc(-c3ccc(Cl)cc3)nc2C)s1. The normalized spacial score (nSPS) is 10.7. The van der Waals surface area contributed by atoms with Crippen molar-refractivity contribution >= 4 is 63.0 Å². The molecule has 0 bridgehead atoms. The molecule has 7 nitrogen and oxygen atoms in total. The number of hydrogen-bond acceptors (Lipinski definition) is 9. The van der Waals surface area contributed by atoms with Crippen LogP contribution in [-0.2, 0) is 9.53 Å². The first-order chi connectivity index (χ1) is 13.5. The second kappa shape index (κ2) is 9.46. The van der Waals surface area contributed by atoms with Gasteiger partial charge in [0.25, 0.3) is 5.91 Å². The van der Waals surface area contributed by atoms with Crippen molar-refractivity contribution in [3.8, 4) is 10.6 Å². The van der Waals surface area contributed by atoms with Crippen LogP contribution in [0, 0.1) is 6.92 Å². The smallest absolute Gasteiger partial charge is 0.316 e. The average Bonchev–Trinajstić information content (AvgIpc) is 3.27. The molecule has 1 amide bonds. The summed E-state index contributed by atoms with van der Waals surface area (Å²) in [7, 11) is 0. The molecular weight excluding hydrogens is 440 g/mol. The fourth-order valence-corrected chi connectivity index (χ4v) is 4.76. The van der Waals surface area contributed by atoms with Gasteiger partial charge in [0.15, 0.2) is 4.34 Å². The number of amides is 1. The standard InChI is InChI=1S/C17H15ClN4O3S3/c1-3-25-12(23)8-26-17-22-21-16(28-17)20-14(24)13-9(2)19-15(27-13)10-4-6-11(18)7-5-10/h4-7H,3,8H2,1-2H3,(H,20,21,24). The molecule has 3 aromatic rings. The number of aryl methyl sites for hydroxylation is 1. The molecule has 0 aliphatic rings. The van der Waals surface area contributed by atoms with Crippen molar-refractivity contribution in [2.75, 3.05) is 17.7 Å². The lowest BCUT2D eigenvalue weighted by atomic mass is 10.2. The van der Waals surface area contributed by atoms with Crippen molar-refractivity contribution in [1.82, 2.24) is 15.2 Å². The Morgan fingerprint density at radius 2 is 1.96 bits per heavy atom. The summed E-state index contributed by atoms with van der Waals surface area (Å²) in [6.07, 6.45) is 0. The van der Waals surface area contributed by atoms with E-state index in [0.717, 1.165) is 10.6 Å². The molecule has 1 N–H and O–H groups in total. The first-order valence-electron chi connectivity index (χ1n) is 8.13. The number of nitrogens with zero attached hydrogens (tertiary/aromatic N) is 3. The summed E-state index contributed by atoms with van der Waals surface area (Å²) >= 11 is 9.62. The molecule has 146 valence electrons. The zero-order chi connectivity index (χ0) is 20.1. The molecule has 28 heavy (non-hydrogen) atoms. The molecule has 0 saturated carbocycles. The van der Waals surface area contributed by atoms with Crippen molar-refractivity contribution in [1.29, 1.82) is 0 Å². The Hall–Kier alpha value is -2.01. The molecule has 0 spiro atoms. The van der Waals surface area contributed by atoms with Crippen LogP contribution in [0.4, 0.5) is 5.13 Å². The minimum Gasteiger partial charge on any atom is -0.465 e. The molecule has 0 aliphatic heterocycles. The topological polar surface area (TPSA) is 94.1 Å². The number of hydrogen-bond donors (Lipinski definition) is 1. The van der Waals surface area contributed by atoms with Gasteiger partial charge >= 0.3 is 5.97 Å². The van der Waals surface area contributed by atoms with Crippen molar-refractivity contribution in [2.45, 2.75) is 18.2 Å². The van der Waals surface area contributed by atoms with Crippen LogP contribution in [-0.4, -0.2) is 39.4 Å². The maximum atomic E-state index is 12.6. The molecule has 11 heteroatoms. The lowest BCUT2D eigenvalue weighted by Gasteiger charge is -1.99. The van der Waals surface area contributed by atoms with E-state index in [4.69, 9.17) is 16.3 Å². The molecule has 0 aliphatic carbocycles. The molecule has 2 heterocycles. The van der Waals surface area contributed by atoms with Crippen LogP contribution < -0.4 is 5.32 Å². The van der Waals surface area contributed by atoms with E-state index in [-0.39, 0.29) is 17.6 Å². The molecule has 0 fully saturated rings. The van der Waals surface area contributed by atoms with Gasteiger partial charge in [0.2, 0.25) is 5.13 Å². The van der Waals surface area contributed by atoms with Crippen LogP contribution in [0.2, 0.25) is 5.02 Å². The summed E-state index contributed by atoms with van der Waals surface area (Å²) in [5.74, 6) is -0.467. The minimum absolute atomic E-state index is 0.148. The van der Waals surface area contributed by atoms with E-state index >= 15 is 0 Å². The van der Waals surface area contributed by atoms with Gasteiger partial charge in [0.05, 0.1) is 18.1 Å². The number of halogens is 1. The van der Waals surface area contributed by atoms with Crippen molar-refractivity contribution < 1.29 is 14.3 Å². The molecule has 0 radical (unpaired) electrons. The Bertz CT molecular complexity index is 988. The number of rotatable bonds is 7. The van der Waals surface area contributed by atoms with E-state index in [2.05, 4.69) is 20.5 Å². The number of ether oxygens (including phenoxy) is 1. The van der Waals surface area contributed by atoms with Crippen LogP contribution in [0.1, 0.15) is 22.3 Å². The molecule has 0 atom stereocenters. The number of nitrogens with one attached hydrogen (secondary N) is 1. The maximum absolute atomic E-state index is 12.6. The Kier molecular flexibility index (Phi) is 7.00. The quantitative estimate of drug-likeness (QED) is 0.318. The maximum Gasteiger partial charge on any atom is 0.316 e. The summed E-state index contributed by atoms with van der Waals surface area (Å²) in [6.45, 7) is 3.87. The number of thioether (sulfide) groups is 1. The first-order valence-corrected chi connectivity index (χ1v) is 11.1. The van der Waals surface area contributed by atoms with Gasteiger partial charge in [0, 0.05) is 10.6 Å². The molecule has 3 rings (SSSR count). The monoisotopic (exact) mass is 454 g/mol. The number of anilines is 1. The lowest BCUT2D eigenvalue weighted by Crippen LogP contribution is -2.11. The van der Waals surface area contributed by atoms with Crippen LogP contribution in [0.25, 0.3) is 10.6 Å². The summed E-state index contributed by atoms with van der Waals surface area (Å²) in [6, 6.07) is 7.29. The number of aromatic nitrogens is 3. The van der Waals surface area contributed by atoms with Gasteiger partial charge in [-0.3, -0.25) is 14.9 Å². The van der Waals surface area contributed by atoms with E-state index < -0.39 is 0 Å². The summed E-state index contributed by atoms with van der Waals surface area (Å²) < 4.78 is 5.44. The van der Waals surface area contributed by atoms with Crippen LogP contribution in [0.5, 0.6) is 0 Å². The Balaban J connectivity index is 1.65. The van der Waals surface area contributed by atoms with E-state index in [9.17, 15) is 9.59 Å². The Morgan fingerprint density at radius 3 is 2.68 bits per heavy atom. The molecule has 2 aromatic heterocycles. The molecule has 0 saturated heterocycles. The average molecular weight is 455 g/mol. The Morgan fingerprint density at radius 1 is 1.21 bits per heavy atom. The van der Waals surface area contributed by atoms with Crippen molar-refractivity contribution in [2.24, 2.45) is 0 Å². The molecule has 0 unspecified atom stereocenters. The second-order valence-corrected chi connectivity index (χ2v) is 9.00. The largest absolute Gasteiger partial charge is 0.465 e. The minimum atomic E-state index is -0.316. The number of benzene rings is 1. The van der Waals surface area contributed by atoms with Crippen molar-refractivity contribution in [3.05, 3.63) is 39.9 Å². The summed E-state index contributed by atoms with van der Waals surface area (Å²) in [4.78, 5) is 29.0. The van der Waals surface area contributed by atoms with Gasteiger partial charge in [-0.05, 0) is 26.0 Å². The highest BCUT2D eigenvalue weighted by Gasteiger charge is 2.18. The number of esters is 1. The fourth-order valence-electron chi connectivity index (χ4n) is 2.12. The zero-order valence-corrected chi connectivity index (χ0v) is 18.1. The highest BCUT2D eigenvalue weighted by molar-refractivity contribution is 8.01. The van der Waals surface area contributed by atoms with Gasteiger partial charge in [-0.2, -0.15) is 0 Å². The van der Waals surface area contributed by atoms with E-state index in [1.165, 1.54) is 34.4 Å². The first kappa shape index (κ1) is 20.7. The van der Waals surface area contributed by atoms with Crippen LogP contribution in [0.15, 0.2) is 28.6 Å². The third-order valence-corrected chi connectivity index (χ3v) is 6.74. The van der Waals surface area contributed by atoms with E-state index in [1.807, 2.05) is 12.1 Å². The van der Waals surface area contributed by atoms with Crippen LogP contribution in [0.3, 0.4) is 0 Å². The van der Waals surface area contributed by atoms with Crippen molar-refractivity contribution in [3.63, 3.8) is 0 Å². The number of carbonyl (C=O) groups is 2. The van der Waals surface area contributed by atoms with Gasteiger partial charge in [-0.15, -0.1) is 21.5 Å². The van der Waals surface area contributed by atoms with Gasteiger partial charge in [-0.25, -0.2) is 4.98 Å². The summed E-state index contributed by atoms with van der Waals surface area (Å²) in [5.41, 5.74) is 1.53. The molecular formula is C17H15ClN4O3S3. The third-order valence-electron chi connectivity index (χ3n) is 3.34. The highest BCUT2D eigenvalue weighted by atomic mass is 35.5.